The number of nitrogens with one attached hydrogen (secondary N) is 1. The van der Waals surface area contributed by atoms with Crippen molar-refractivity contribution >= 4 is 34.0 Å². The van der Waals surface area contributed by atoms with E-state index >= 15 is 0 Å². The number of rotatable bonds is 1. The highest BCUT2D eigenvalue weighted by molar-refractivity contribution is 14.1. The molecule has 2 aromatic rings. The maximum atomic E-state index is 14.1. The van der Waals surface area contributed by atoms with Crippen LogP contribution in [0.15, 0.2) is 41.4 Å². The first-order valence-corrected chi connectivity index (χ1v) is 7.37. The highest BCUT2D eigenvalue weighted by Crippen LogP contribution is 2.27. The van der Waals surface area contributed by atoms with Crippen LogP contribution in [0.5, 0.6) is 0 Å². The fourth-order valence-electron chi connectivity index (χ4n) is 2.26. The van der Waals surface area contributed by atoms with Gasteiger partial charge < -0.3 is 10.4 Å². The lowest BCUT2D eigenvalue weighted by atomic mass is 9.99. The largest absolute Gasteiger partial charge is 0.372 e. The van der Waals surface area contributed by atoms with Gasteiger partial charge in [0.15, 0.2) is 0 Å². The van der Waals surface area contributed by atoms with E-state index in [0.29, 0.717) is 11.3 Å². The minimum absolute atomic E-state index is 0.0222. The normalized spacial score (nSPS) is 17.5. The molecular formula is C15H11F2IN2O. The molecule has 0 aromatic heterocycles. The quantitative estimate of drug-likeness (QED) is 0.723. The zero-order valence-corrected chi connectivity index (χ0v) is 12.9. The van der Waals surface area contributed by atoms with Crippen molar-refractivity contribution in [3.05, 3.63) is 62.7 Å². The SMILES string of the molecule is OC1CN=C(c2c(F)cccc2F)c2cc(I)ccc2N1. The summed E-state index contributed by atoms with van der Waals surface area (Å²) in [6.07, 6.45) is -0.892. The molecule has 3 nitrogen and oxygen atoms in total. The van der Waals surface area contributed by atoms with E-state index in [9.17, 15) is 13.9 Å². The lowest BCUT2D eigenvalue weighted by Gasteiger charge is -2.13. The molecule has 1 heterocycles. The van der Waals surface area contributed by atoms with Crippen LogP contribution in [0, 0.1) is 15.2 Å². The third-order valence-corrected chi connectivity index (χ3v) is 3.85. The zero-order valence-electron chi connectivity index (χ0n) is 10.8. The molecule has 1 aliphatic heterocycles. The number of aliphatic imine (C=N–C) groups is 1. The van der Waals surface area contributed by atoms with Crippen LogP contribution in [0.4, 0.5) is 14.5 Å². The molecule has 6 heteroatoms. The molecule has 0 bridgehead atoms. The predicted octanol–water partition coefficient (Wildman–Crippen LogP) is 3.15. The molecule has 21 heavy (non-hydrogen) atoms. The lowest BCUT2D eigenvalue weighted by Crippen LogP contribution is -2.20. The third-order valence-electron chi connectivity index (χ3n) is 3.18. The van der Waals surface area contributed by atoms with E-state index in [-0.39, 0.29) is 17.8 Å². The highest BCUT2D eigenvalue weighted by atomic mass is 127. The molecule has 0 aliphatic carbocycles. The van der Waals surface area contributed by atoms with Gasteiger partial charge in [-0.2, -0.15) is 0 Å². The first-order valence-electron chi connectivity index (χ1n) is 6.29. The average Bonchev–Trinajstić information content (AvgIpc) is 2.58. The number of anilines is 1. The molecule has 108 valence electrons. The van der Waals surface area contributed by atoms with E-state index in [1.807, 2.05) is 6.07 Å². The number of nitrogens with zero attached hydrogens (tertiary/aromatic N) is 1. The topological polar surface area (TPSA) is 44.6 Å². The minimum Gasteiger partial charge on any atom is -0.372 e. The van der Waals surface area contributed by atoms with Crippen LogP contribution in [-0.2, 0) is 0 Å². The molecule has 0 spiro atoms. The number of aliphatic hydroxyl groups is 1. The van der Waals surface area contributed by atoms with Crippen molar-refractivity contribution in [2.75, 3.05) is 11.9 Å². The number of fused-ring (bicyclic) bond motifs is 1. The van der Waals surface area contributed by atoms with E-state index in [4.69, 9.17) is 0 Å². The van der Waals surface area contributed by atoms with Gasteiger partial charge in [0.25, 0.3) is 0 Å². The number of hydrogen-bond acceptors (Lipinski definition) is 3. The Morgan fingerprint density at radius 1 is 1.19 bits per heavy atom. The van der Waals surface area contributed by atoms with Crippen LogP contribution < -0.4 is 5.32 Å². The van der Waals surface area contributed by atoms with Gasteiger partial charge in [0, 0.05) is 14.8 Å². The average molecular weight is 400 g/mol. The van der Waals surface area contributed by atoms with Gasteiger partial charge in [-0.25, -0.2) is 8.78 Å². The Labute approximate surface area is 133 Å². The molecule has 2 N–H and O–H groups in total. The summed E-state index contributed by atoms with van der Waals surface area (Å²) in [4.78, 5) is 4.20. The fourth-order valence-corrected chi connectivity index (χ4v) is 2.76. The molecule has 1 unspecified atom stereocenters. The van der Waals surface area contributed by atoms with E-state index in [2.05, 4.69) is 32.9 Å². The highest BCUT2D eigenvalue weighted by Gasteiger charge is 2.23. The maximum Gasteiger partial charge on any atom is 0.144 e. The second kappa shape index (κ2) is 5.69. The second-order valence-electron chi connectivity index (χ2n) is 4.64. The van der Waals surface area contributed by atoms with Gasteiger partial charge in [-0.1, -0.05) is 6.07 Å². The third kappa shape index (κ3) is 2.77. The van der Waals surface area contributed by atoms with Crippen molar-refractivity contribution in [3.8, 4) is 0 Å². The first kappa shape index (κ1) is 14.4. The Bertz CT molecular complexity index is 713. The predicted molar refractivity (Wildman–Crippen MR) is 85.7 cm³/mol. The summed E-state index contributed by atoms with van der Waals surface area (Å²) in [5.41, 5.74) is 1.21. The van der Waals surface area contributed by atoms with Gasteiger partial charge in [-0.3, -0.25) is 4.99 Å². The summed E-state index contributed by atoms with van der Waals surface area (Å²) in [6, 6.07) is 9.10. The molecule has 3 rings (SSSR count). The molecular weight excluding hydrogens is 389 g/mol. The van der Waals surface area contributed by atoms with Crippen molar-refractivity contribution in [2.24, 2.45) is 4.99 Å². The van der Waals surface area contributed by atoms with Crippen molar-refractivity contribution in [2.45, 2.75) is 6.23 Å². The zero-order chi connectivity index (χ0) is 15.0. The van der Waals surface area contributed by atoms with Crippen molar-refractivity contribution in [1.29, 1.82) is 0 Å². The maximum absolute atomic E-state index is 14.1. The van der Waals surface area contributed by atoms with Crippen LogP contribution in [0.2, 0.25) is 0 Å². The van der Waals surface area contributed by atoms with Crippen LogP contribution in [0.3, 0.4) is 0 Å². The van der Waals surface area contributed by atoms with Gasteiger partial charge >= 0.3 is 0 Å². The molecule has 0 radical (unpaired) electrons. The van der Waals surface area contributed by atoms with Gasteiger partial charge in [-0.05, 0) is 52.9 Å². The van der Waals surface area contributed by atoms with Crippen molar-refractivity contribution < 1.29 is 13.9 Å². The summed E-state index contributed by atoms with van der Waals surface area (Å²) < 4.78 is 29.0. The van der Waals surface area contributed by atoms with Gasteiger partial charge in [0.2, 0.25) is 0 Å². The first-order chi connectivity index (χ1) is 10.1. The summed E-state index contributed by atoms with van der Waals surface area (Å²) in [6.45, 7) is 0.0222. The Hall–Kier alpha value is -1.54. The number of benzene rings is 2. The molecule has 2 aromatic carbocycles. The fraction of sp³-hybridized carbons (Fsp3) is 0.133. The van der Waals surface area contributed by atoms with Crippen LogP contribution in [0.25, 0.3) is 0 Å². The van der Waals surface area contributed by atoms with Crippen LogP contribution in [-0.4, -0.2) is 23.6 Å². The molecule has 0 amide bonds. The summed E-state index contributed by atoms with van der Waals surface area (Å²) in [5, 5.41) is 12.7. The van der Waals surface area contributed by atoms with Gasteiger partial charge in [-0.15, -0.1) is 0 Å². The summed E-state index contributed by atoms with van der Waals surface area (Å²) in [7, 11) is 0. The van der Waals surface area contributed by atoms with E-state index in [1.165, 1.54) is 18.2 Å². The number of halogens is 3. The van der Waals surface area contributed by atoms with Gasteiger partial charge in [0.05, 0.1) is 17.8 Å². The van der Waals surface area contributed by atoms with Crippen molar-refractivity contribution in [3.63, 3.8) is 0 Å². The standard InChI is InChI=1S/C15H11F2IN2O/c16-10-2-1-3-11(17)14(10)15-9-6-8(18)4-5-12(9)20-13(21)7-19-15/h1-6,13,20-21H,7H2. The van der Waals surface area contributed by atoms with Crippen LogP contribution in [0.1, 0.15) is 11.1 Å². The Kier molecular flexibility index (Phi) is 3.90. The minimum atomic E-state index is -0.892. The lowest BCUT2D eigenvalue weighted by molar-refractivity contribution is 0.213. The number of hydrogen-bond donors (Lipinski definition) is 2. The molecule has 0 fully saturated rings. The number of benzodiazepines with no additional fused rings is 1. The Morgan fingerprint density at radius 2 is 1.90 bits per heavy atom. The molecule has 0 saturated heterocycles. The molecule has 1 aliphatic rings. The van der Waals surface area contributed by atoms with E-state index < -0.39 is 17.9 Å². The second-order valence-corrected chi connectivity index (χ2v) is 5.88. The molecule has 0 saturated carbocycles. The number of aliphatic hydroxyl groups excluding tert-OH is 1. The smallest absolute Gasteiger partial charge is 0.144 e. The van der Waals surface area contributed by atoms with E-state index in [0.717, 1.165) is 3.57 Å². The monoisotopic (exact) mass is 400 g/mol. The van der Waals surface area contributed by atoms with Crippen LogP contribution >= 0.6 is 22.6 Å². The Balaban J connectivity index is 2.25. The van der Waals surface area contributed by atoms with E-state index in [1.54, 1.807) is 12.1 Å². The van der Waals surface area contributed by atoms with Gasteiger partial charge in [0.1, 0.15) is 17.9 Å². The molecule has 1 atom stereocenters. The summed E-state index contributed by atoms with van der Waals surface area (Å²) >= 11 is 2.12. The summed E-state index contributed by atoms with van der Waals surface area (Å²) in [5.74, 6) is -1.34. The Morgan fingerprint density at radius 3 is 2.62 bits per heavy atom. The van der Waals surface area contributed by atoms with Crippen molar-refractivity contribution in [1.82, 2.24) is 0 Å².